The highest BCUT2D eigenvalue weighted by molar-refractivity contribution is 5.95. The normalized spacial score (nSPS) is 14.3. The Hall–Kier alpha value is -3.75. The van der Waals surface area contributed by atoms with Crippen molar-refractivity contribution in [1.29, 1.82) is 0 Å². The predicted octanol–water partition coefficient (Wildman–Crippen LogP) is 2.43. The largest absolute Gasteiger partial charge is 0.456 e. The van der Waals surface area contributed by atoms with Crippen LogP contribution >= 0.6 is 0 Å². The van der Waals surface area contributed by atoms with Crippen LogP contribution in [-0.2, 0) is 14.3 Å². The van der Waals surface area contributed by atoms with Crippen LogP contribution in [0.4, 0.5) is 10.1 Å². The maximum atomic E-state index is 14.4. The zero-order chi connectivity index (χ0) is 24.7. The van der Waals surface area contributed by atoms with Crippen molar-refractivity contribution < 1.29 is 28.3 Å². The van der Waals surface area contributed by atoms with Crippen molar-refractivity contribution >= 4 is 29.3 Å². The molecule has 1 aliphatic heterocycles. The number of nitrogens with one attached hydrogen (secondary N) is 1. The fourth-order valence-corrected chi connectivity index (χ4v) is 3.67. The number of hydrogen-bond acceptors (Lipinski definition) is 6. The molecule has 0 saturated carbocycles. The van der Waals surface area contributed by atoms with Crippen molar-refractivity contribution in [2.75, 3.05) is 37.7 Å². The monoisotopic (exact) mass is 469 g/mol. The number of nitrogens with zero attached hydrogens (tertiary/aromatic N) is 2. The summed E-state index contributed by atoms with van der Waals surface area (Å²) in [5.74, 6) is -1.89. The van der Waals surface area contributed by atoms with Crippen LogP contribution in [0.25, 0.3) is 0 Å². The number of amides is 2. The third kappa shape index (κ3) is 6.63. The van der Waals surface area contributed by atoms with Gasteiger partial charge in [0.1, 0.15) is 5.82 Å². The van der Waals surface area contributed by atoms with Gasteiger partial charge in [-0.3, -0.25) is 19.2 Å². The molecule has 1 N–H and O–H groups in total. The highest BCUT2D eigenvalue weighted by Gasteiger charge is 2.24. The molecule has 0 spiro atoms. The number of esters is 1. The molecule has 2 aromatic rings. The van der Waals surface area contributed by atoms with Gasteiger partial charge in [-0.25, -0.2) is 4.39 Å². The van der Waals surface area contributed by atoms with Gasteiger partial charge in [0, 0.05) is 43.3 Å². The standard InChI is InChI=1S/C25H28FN3O5/c1-17(27-25(33)19-6-4-3-5-7-19)14-24(32)34-16-23(31)29-12-10-28(11-13-29)22-9-8-20(18(2)30)15-21(22)26/h3-9,15,17H,10-14,16H2,1-2H3,(H,27,33). The number of halogens is 1. The van der Waals surface area contributed by atoms with Crippen LogP contribution in [0.15, 0.2) is 48.5 Å². The van der Waals surface area contributed by atoms with Gasteiger partial charge in [-0.2, -0.15) is 0 Å². The van der Waals surface area contributed by atoms with E-state index in [2.05, 4.69) is 5.32 Å². The molecule has 3 rings (SSSR count). The molecule has 1 unspecified atom stereocenters. The van der Waals surface area contributed by atoms with Gasteiger partial charge in [0.25, 0.3) is 11.8 Å². The van der Waals surface area contributed by atoms with Gasteiger partial charge in [-0.1, -0.05) is 18.2 Å². The fraction of sp³-hybridized carbons (Fsp3) is 0.360. The summed E-state index contributed by atoms with van der Waals surface area (Å²) in [6.07, 6.45) is -0.0604. The van der Waals surface area contributed by atoms with Gasteiger partial charge in [0.15, 0.2) is 12.4 Å². The van der Waals surface area contributed by atoms with Gasteiger partial charge in [0.2, 0.25) is 0 Å². The van der Waals surface area contributed by atoms with E-state index < -0.39 is 17.8 Å². The van der Waals surface area contributed by atoms with Crippen LogP contribution < -0.4 is 10.2 Å². The number of benzene rings is 2. The zero-order valence-electron chi connectivity index (χ0n) is 19.3. The van der Waals surface area contributed by atoms with E-state index in [1.54, 1.807) is 54.3 Å². The third-order valence-electron chi connectivity index (χ3n) is 5.57. The molecule has 2 aromatic carbocycles. The van der Waals surface area contributed by atoms with Crippen molar-refractivity contribution in [3.63, 3.8) is 0 Å². The molecule has 1 aliphatic rings. The molecule has 34 heavy (non-hydrogen) atoms. The Labute approximate surface area is 197 Å². The summed E-state index contributed by atoms with van der Waals surface area (Å²) in [5.41, 5.74) is 1.19. The van der Waals surface area contributed by atoms with Crippen LogP contribution in [0.5, 0.6) is 0 Å². The van der Waals surface area contributed by atoms with Crippen molar-refractivity contribution in [1.82, 2.24) is 10.2 Å². The molecule has 0 aliphatic carbocycles. The minimum absolute atomic E-state index is 0.0604. The molecule has 1 heterocycles. The summed E-state index contributed by atoms with van der Waals surface area (Å²) in [7, 11) is 0. The average Bonchev–Trinajstić information content (AvgIpc) is 2.83. The number of ketones is 1. The lowest BCUT2D eigenvalue weighted by Crippen LogP contribution is -2.50. The number of anilines is 1. The van der Waals surface area contributed by atoms with E-state index in [-0.39, 0.29) is 30.6 Å². The predicted molar refractivity (Wildman–Crippen MR) is 124 cm³/mol. The second kappa shape index (κ2) is 11.4. The smallest absolute Gasteiger partial charge is 0.308 e. The Bertz CT molecular complexity index is 1050. The molecule has 2 amide bonds. The second-order valence-electron chi connectivity index (χ2n) is 8.20. The Morgan fingerprint density at radius 1 is 1.00 bits per heavy atom. The lowest BCUT2D eigenvalue weighted by molar-refractivity contribution is -0.152. The molecule has 1 atom stereocenters. The van der Waals surface area contributed by atoms with Crippen molar-refractivity contribution in [3.8, 4) is 0 Å². The van der Waals surface area contributed by atoms with Gasteiger partial charge in [0.05, 0.1) is 12.1 Å². The lowest BCUT2D eigenvalue weighted by atomic mass is 10.1. The second-order valence-corrected chi connectivity index (χ2v) is 8.20. The molecule has 0 aromatic heterocycles. The first kappa shape index (κ1) is 24.9. The zero-order valence-corrected chi connectivity index (χ0v) is 19.3. The SMILES string of the molecule is CC(=O)c1ccc(N2CCN(C(=O)COC(=O)CC(C)NC(=O)c3ccccc3)CC2)c(F)c1. The van der Waals surface area contributed by atoms with Crippen LogP contribution in [0.1, 0.15) is 41.0 Å². The van der Waals surface area contributed by atoms with Crippen molar-refractivity contribution in [3.05, 3.63) is 65.5 Å². The topological polar surface area (TPSA) is 96.0 Å². The van der Waals surface area contributed by atoms with E-state index in [0.717, 1.165) is 0 Å². The van der Waals surface area contributed by atoms with E-state index in [4.69, 9.17) is 4.74 Å². The van der Waals surface area contributed by atoms with Crippen molar-refractivity contribution in [2.24, 2.45) is 0 Å². The lowest BCUT2D eigenvalue weighted by Gasteiger charge is -2.36. The Kier molecular flexibility index (Phi) is 8.34. The molecule has 9 heteroatoms. The molecule has 1 saturated heterocycles. The number of carbonyl (C=O) groups is 4. The number of rotatable bonds is 8. The summed E-state index contributed by atoms with van der Waals surface area (Å²) in [4.78, 5) is 51.4. The molecule has 1 fully saturated rings. The summed E-state index contributed by atoms with van der Waals surface area (Å²) < 4.78 is 19.5. The van der Waals surface area contributed by atoms with Crippen LogP contribution in [0, 0.1) is 5.82 Å². The highest BCUT2D eigenvalue weighted by atomic mass is 19.1. The highest BCUT2D eigenvalue weighted by Crippen LogP contribution is 2.22. The first-order valence-electron chi connectivity index (χ1n) is 11.1. The van der Waals surface area contributed by atoms with Crippen LogP contribution in [0.3, 0.4) is 0 Å². The Morgan fingerprint density at radius 3 is 2.29 bits per heavy atom. The van der Waals surface area contributed by atoms with E-state index in [0.29, 0.717) is 43.0 Å². The van der Waals surface area contributed by atoms with E-state index in [1.165, 1.54) is 13.0 Å². The molecule has 0 bridgehead atoms. The van der Waals surface area contributed by atoms with Gasteiger partial charge in [-0.05, 0) is 44.2 Å². The maximum Gasteiger partial charge on any atom is 0.308 e. The van der Waals surface area contributed by atoms with Crippen LogP contribution in [0.2, 0.25) is 0 Å². The van der Waals surface area contributed by atoms with Gasteiger partial charge < -0.3 is 19.9 Å². The summed E-state index contributed by atoms with van der Waals surface area (Å²) in [5, 5.41) is 2.72. The minimum atomic E-state index is -0.583. The summed E-state index contributed by atoms with van der Waals surface area (Å²) in [6.45, 7) is 4.22. The molecule has 0 radical (unpaired) electrons. The van der Waals surface area contributed by atoms with E-state index in [1.807, 2.05) is 4.90 Å². The van der Waals surface area contributed by atoms with E-state index >= 15 is 0 Å². The molecule has 180 valence electrons. The fourth-order valence-electron chi connectivity index (χ4n) is 3.67. The minimum Gasteiger partial charge on any atom is -0.456 e. The van der Waals surface area contributed by atoms with Crippen LogP contribution in [-0.4, -0.2) is 67.3 Å². The summed E-state index contributed by atoms with van der Waals surface area (Å²) >= 11 is 0. The average molecular weight is 470 g/mol. The molecule has 8 nitrogen and oxygen atoms in total. The van der Waals surface area contributed by atoms with Crippen molar-refractivity contribution in [2.45, 2.75) is 26.3 Å². The maximum absolute atomic E-state index is 14.4. The number of Topliss-reactive ketones (excluding diaryl/α,β-unsaturated/α-hetero) is 1. The quantitative estimate of drug-likeness (QED) is 0.471. The number of hydrogen-bond donors (Lipinski definition) is 1. The first-order valence-corrected chi connectivity index (χ1v) is 11.1. The molecular formula is C25H28FN3O5. The summed E-state index contributed by atoms with van der Waals surface area (Å²) in [6, 6.07) is 12.6. The Morgan fingerprint density at radius 2 is 1.68 bits per heavy atom. The number of piperazine rings is 1. The van der Waals surface area contributed by atoms with Gasteiger partial charge in [-0.15, -0.1) is 0 Å². The van der Waals surface area contributed by atoms with E-state index in [9.17, 15) is 23.6 Å². The first-order chi connectivity index (χ1) is 16.2. The number of carbonyl (C=O) groups excluding carboxylic acids is 4. The molecular weight excluding hydrogens is 441 g/mol. The number of ether oxygens (including phenoxy) is 1. The Balaban J connectivity index is 1.40. The van der Waals surface area contributed by atoms with Gasteiger partial charge >= 0.3 is 5.97 Å². The third-order valence-corrected chi connectivity index (χ3v) is 5.57.